The van der Waals surface area contributed by atoms with Crippen molar-refractivity contribution in [2.24, 2.45) is 0 Å². The summed E-state index contributed by atoms with van der Waals surface area (Å²) >= 11 is 7.44. The molecule has 0 unspecified atom stereocenters. The first kappa shape index (κ1) is 26.6. The number of carbonyl (C=O) groups is 1. The number of sulfonamides is 1. The Balaban J connectivity index is 1.61. The third kappa shape index (κ3) is 7.06. The molecule has 0 atom stereocenters. The number of ether oxygens (including phenoxy) is 2. The maximum absolute atomic E-state index is 12.9. The van der Waals surface area contributed by atoms with Crippen molar-refractivity contribution in [2.45, 2.75) is 6.36 Å². The Morgan fingerprint density at radius 3 is 2.32 bits per heavy atom. The van der Waals surface area contributed by atoms with E-state index in [0.29, 0.717) is 32.8 Å². The van der Waals surface area contributed by atoms with Crippen LogP contribution in [0.5, 0.6) is 11.5 Å². The van der Waals surface area contributed by atoms with Crippen molar-refractivity contribution in [2.75, 3.05) is 23.4 Å². The van der Waals surface area contributed by atoms with Gasteiger partial charge < -0.3 is 14.8 Å². The van der Waals surface area contributed by atoms with Crippen molar-refractivity contribution in [3.63, 3.8) is 0 Å². The molecule has 37 heavy (non-hydrogen) atoms. The molecule has 0 saturated carbocycles. The topological polar surface area (TPSA) is 93.7 Å². The van der Waals surface area contributed by atoms with Crippen molar-refractivity contribution < 1.29 is 35.9 Å². The summed E-state index contributed by atoms with van der Waals surface area (Å²) in [6, 6.07) is 14.9. The monoisotopic (exact) mass is 570 g/mol. The highest BCUT2D eigenvalue weighted by atomic mass is 35.5. The number of halogens is 4. The Hall–Kier alpha value is -3.48. The summed E-state index contributed by atoms with van der Waals surface area (Å²) < 4.78 is 73.5. The average molecular weight is 571 g/mol. The first-order chi connectivity index (χ1) is 17.3. The zero-order chi connectivity index (χ0) is 27.0. The molecule has 0 spiro atoms. The number of thiophene rings is 1. The molecule has 0 radical (unpaired) electrons. The second-order valence-corrected chi connectivity index (χ2v) is 11.1. The van der Waals surface area contributed by atoms with Gasteiger partial charge in [0.2, 0.25) is 10.0 Å². The minimum Gasteiger partial charge on any atom is -0.497 e. The van der Waals surface area contributed by atoms with Gasteiger partial charge in [-0.25, -0.2) is 8.42 Å². The molecule has 2 N–H and O–H groups in total. The van der Waals surface area contributed by atoms with Crippen LogP contribution in [0.15, 0.2) is 60.7 Å². The van der Waals surface area contributed by atoms with Gasteiger partial charge in [-0.1, -0.05) is 11.6 Å². The normalized spacial score (nSPS) is 11.8. The Kier molecular flexibility index (Phi) is 7.27. The summed E-state index contributed by atoms with van der Waals surface area (Å²) in [4.78, 5) is 13.3. The zero-order valence-corrected chi connectivity index (χ0v) is 21.5. The number of nitrogens with one attached hydrogen (secondary N) is 2. The van der Waals surface area contributed by atoms with E-state index in [2.05, 4.69) is 14.8 Å². The summed E-state index contributed by atoms with van der Waals surface area (Å²) in [5, 5.41) is 3.65. The van der Waals surface area contributed by atoms with Gasteiger partial charge in [0.1, 0.15) is 11.5 Å². The second kappa shape index (κ2) is 10.1. The Labute approximate surface area is 218 Å². The highest BCUT2D eigenvalue weighted by Gasteiger charge is 2.31. The van der Waals surface area contributed by atoms with Gasteiger partial charge in [0.05, 0.1) is 18.2 Å². The maximum atomic E-state index is 12.9. The minimum absolute atomic E-state index is 0.136. The number of hydrogen-bond acceptors (Lipinski definition) is 6. The Morgan fingerprint density at radius 1 is 0.946 bits per heavy atom. The lowest BCUT2D eigenvalue weighted by Gasteiger charge is -2.13. The van der Waals surface area contributed by atoms with Crippen LogP contribution in [0.3, 0.4) is 0 Å². The Bertz CT molecular complexity index is 1600. The van der Waals surface area contributed by atoms with Gasteiger partial charge in [-0.3, -0.25) is 9.52 Å². The van der Waals surface area contributed by atoms with Crippen LogP contribution in [0, 0.1) is 0 Å². The van der Waals surface area contributed by atoms with Crippen LogP contribution in [0.1, 0.15) is 9.67 Å². The molecular formula is C24H18ClF3N2O5S2. The van der Waals surface area contributed by atoms with Gasteiger partial charge in [-0.05, 0) is 71.1 Å². The first-order valence-electron chi connectivity index (χ1n) is 10.4. The third-order valence-electron chi connectivity index (χ3n) is 4.88. The molecule has 1 amide bonds. The molecule has 0 bridgehead atoms. The van der Waals surface area contributed by atoms with Crippen LogP contribution in [0.4, 0.5) is 24.5 Å². The lowest BCUT2D eigenvalue weighted by Crippen LogP contribution is -2.17. The van der Waals surface area contributed by atoms with Gasteiger partial charge in [0, 0.05) is 27.2 Å². The largest absolute Gasteiger partial charge is 0.573 e. The van der Waals surface area contributed by atoms with E-state index in [0.717, 1.165) is 17.0 Å². The molecule has 0 saturated heterocycles. The van der Waals surface area contributed by atoms with Crippen LogP contribution in [0.25, 0.3) is 21.2 Å². The summed E-state index contributed by atoms with van der Waals surface area (Å²) in [5.41, 5.74) is 1.42. The van der Waals surface area contributed by atoms with Crippen LogP contribution in [-0.2, 0) is 10.0 Å². The number of amides is 1. The van der Waals surface area contributed by atoms with E-state index in [4.69, 9.17) is 16.3 Å². The molecule has 0 aliphatic carbocycles. The van der Waals surface area contributed by atoms with Crippen LogP contribution in [0.2, 0.25) is 5.02 Å². The van der Waals surface area contributed by atoms with Crippen molar-refractivity contribution in [1.29, 1.82) is 0 Å². The zero-order valence-electron chi connectivity index (χ0n) is 19.1. The van der Waals surface area contributed by atoms with E-state index >= 15 is 0 Å². The van der Waals surface area contributed by atoms with Crippen LogP contribution in [-0.4, -0.2) is 34.1 Å². The fraction of sp³-hybridized carbons (Fsp3) is 0.125. The Morgan fingerprint density at radius 2 is 1.65 bits per heavy atom. The fourth-order valence-corrected chi connectivity index (χ4v) is 5.23. The summed E-state index contributed by atoms with van der Waals surface area (Å²) in [6.07, 6.45) is -3.85. The number of alkyl halides is 3. The van der Waals surface area contributed by atoms with Crippen LogP contribution < -0.4 is 19.5 Å². The second-order valence-electron chi connectivity index (χ2n) is 7.87. The van der Waals surface area contributed by atoms with Crippen LogP contribution >= 0.6 is 22.9 Å². The van der Waals surface area contributed by atoms with Gasteiger partial charge in [-0.2, -0.15) is 0 Å². The SMILES string of the molecule is COc1cc(OC(F)(F)F)cc(-c2cc(Cl)cc(NC(=O)c3cc4cc(NS(C)(=O)=O)ccc4s3)c2)c1. The molecule has 3 aromatic carbocycles. The summed E-state index contributed by atoms with van der Waals surface area (Å²) in [6.45, 7) is 0. The highest BCUT2D eigenvalue weighted by Crippen LogP contribution is 2.35. The standard InChI is InChI=1S/C24H18ClF3N2O5S2/c1-34-19-8-14(9-20(12-19)35-24(26,27)28)13-5-16(25)11-18(6-13)29-23(31)22-10-15-7-17(30-37(2,32)33)3-4-21(15)36-22/h3-12,30H,1-2H3,(H,29,31). The number of benzene rings is 3. The quantitative estimate of drug-likeness (QED) is 0.256. The lowest BCUT2D eigenvalue weighted by molar-refractivity contribution is -0.274. The van der Waals surface area contributed by atoms with Gasteiger partial charge in [0.25, 0.3) is 5.91 Å². The fourth-order valence-electron chi connectivity index (χ4n) is 3.50. The third-order valence-corrected chi connectivity index (χ3v) is 6.82. The van der Waals surface area contributed by atoms with E-state index in [1.807, 2.05) is 0 Å². The summed E-state index contributed by atoms with van der Waals surface area (Å²) in [5.74, 6) is -0.779. The van der Waals surface area contributed by atoms with Gasteiger partial charge >= 0.3 is 6.36 Å². The van der Waals surface area contributed by atoms with E-state index in [1.54, 1.807) is 30.3 Å². The molecule has 13 heteroatoms. The van der Waals surface area contributed by atoms with Crippen molar-refractivity contribution in [3.05, 3.63) is 70.6 Å². The number of hydrogen-bond donors (Lipinski definition) is 2. The number of carbonyl (C=O) groups excluding carboxylic acids is 1. The van der Waals surface area contributed by atoms with E-state index in [-0.39, 0.29) is 10.8 Å². The lowest BCUT2D eigenvalue weighted by atomic mass is 10.0. The molecule has 7 nitrogen and oxygen atoms in total. The molecule has 1 heterocycles. The maximum Gasteiger partial charge on any atom is 0.573 e. The predicted molar refractivity (Wildman–Crippen MR) is 138 cm³/mol. The number of anilines is 2. The van der Waals surface area contributed by atoms with E-state index in [1.165, 1.54) is 42.7 Å². The number of methoxy groups -OCH3 is 1. The molecule has 194 valence electrons. The molecule has 0 fully saturated rings. The minimum atomic E-state index is -4.89. The van der Waals surface area contributed by atoms with E-state index in [9.17, 15) is 26.4 Å². The van der Waals surface area contributed by atoms with Crippen molar-refractivity contribution >= 4 is 60.3 Å². The average Bonchev–Trinajstić information content (AvgIpc) is 3.20. The number of fused-ring (bicyclic) bond motifs is 1. The molecule has 4 aromatic rings. The highest BCUT2D eigenvalue weighted by molar-refractivity contribution is 7.92. The molecule has 0 aliphatic rings. The van der Waals surface area contributed by atoms with Gasteiger partial charge in [0.15, 0.2) is 0 Å². The van der Waals surface area contributed by atoms with Gasteiger partial charge in [-0.15, -0.1) is 24.5 Å². The smallest absolute Gasteiger partial charge is 0.497 e. The first-order valence-corrected chi connectivity index (χ1v) is 13.4. The molecular weight excluding hydrogens is 553 g/mol. The molecule has 1 aromatic heterocycles. The molecule has 0 aliphatic heterocycles. The molecule has 4 rings (SSSR count). The number of rotatable bonds is 7. The van der Waals surface area contributed by atoms with E-state index < -0.39 is 28.0 Å². The summed E-state index contributed by atoms with van der Waals surface area (Å²) in [7, 11) is -2.14. The van der Waals surface area contributed by atoms with Crippen molar-refractivity contribution in [3.8, 4) is 22.6 Å². The predicted octanol–water partition coefficient (Wildman–Crippen LogP) is 6.75. The van der Waals surface area contributed by atoms with Crippen molar-refractivity contribution in [1.82, 2.24) is 0 Å².